The van der Waals surface area contributed by atoms with Gasteiger partial charge in [-0.2, -0.15) is 0 Å². The van der Waals surface area contributed by atoms with Crippen LogP contribution in [0.15, 0.2) is 77.1 Å². The summed E-state index contributed by atoms with van der Waals surface area (Å²) in [6.07, 6.45) is 0. The molecule has 0 aliphatic rings. The molecule has 2 aromatic heterocycles. The molecule has 4 nitrogen and oxygen atoms in total. The number of rotatable bonds is 2. The molecule has 2 heterocycles. The summed E-state index contributed by atoms with van der Waals surface area (Å²) in [6, 6.07) is 11.3. The molecule has 0 spiro atoms. The Kier molecular flexibility index (Phi) is 2.32. The smallest absolute Gasteiger partial charge is 0.167 e. The normalized spacial score (nSPS) is 14.0. The molecular formula is C22H15N3O. The summed E-state index contributed by atoms with van der Waals surface area (Å²) >= 11 is 0. The summed E-state index contributed by atoms with van der Waals surface area (Å²) in [5.74, 6) is 0.687. The fourth-order valence-electron chi connectivity index (χ4n) is 3.00. The molecule has 0 fully saturated rings. The molecule has 0 radical (unpaired) electrons. The number of para-hydroxylation sites is 2. The summed E-state index contributed by atoms with van der Waals surface area (Å²) in [7, 11) is 0. The van der Waals surface area contributed by atoms with Gasteiger partial charge >= 0.3 is 0 Å². The number of benzene rings is 3. The number of hydrogen-bond donors (Lipinski definition) is 0. The Hall–Kier alpha value is -3.53. The first-order valence-electron chi connectivity index (χ1n) is 10.6. The molecule has 0 amide bonds. The number of furan rings is 1. The molecule has 0 unspecified atom stereocenters. The van der Waals surface area contributed by atoms with Crippen LogP contribution in [0, 0.1) is 6.92 Å². The van der Waals surface area contributed by atoms with Gasteiger partial charge in [0.1, 0.15) is 17.0 Å². The van der Waals surface area contributed by atoms with E-state index < -0.39 is 18.1 Å². The third-order valence-electron chi connectivity index (χ3n) is 4.12. The second-order valence-electron chi connectivity index (χ2n) is 5.81. The van der Waals surface area contributed by atoms with Gasteiger partial charge in [0.2, 0.25) is 0 Å². The van der Waals surface area contributed by atoms with Crippen LogP contribution in [-0.2, 0) is 0 Å². The lowest BCUT2D eigenvalue weighted by atomic mass is 10.1. The van der Waals surface area contributed by atoms with Crippen LogP contribution in [0.25, 0.3) is 44.7 Å². The van der Waals surface area contributed by atoms with Gasteiger partial charge in [-0.05, 0) is 19.1 Å². The summed E-state index contributed by atoms with van der Waals surface area (Å²) in [5.41, 5.74) is 1.92. The maximum atomic E-state index is 8.23. The van der Waals surface area contributed by atoms with E-state index in [1.54, 1.807) is 6.92 Å². The largest absolute Gasteiger partial charge is 0.455 e. The predicted molar refractivity (Wildman–Crippen MR) is 103 cm³/mol. The van der Waals surface area contributed by atoms with Gasteiger partial charge in [0.05, 0.1) is 12.4 Å². The molecule has 5 rings (SSSR count). The van der Waals surface area contributed by atoms with E-state index in [1.165, 1.54) is 0 Å². The van der Waals surface area contributed by atoms with Gasteiger partial charge < -0.3 is 4.42 Å². The Bertz CT molecular complexity index is 1480. The van der Waals surface area contributed by atoms with Crippen LogP contribution in [0.5, 0.6) is 0 Å². The predicted octanol–water partition coefficient (Wildman–Crippen LogP) is 5.41. The Labute approximate surface area is 157 Å². The lowest BCUT2D eigenvalue weighted by Gasteiger charge is -2.06. The van der Waals surface area contributed by atoms with Crippen molar-refractivity contribution in [2.75, 3.05) is 0 Å². The monoisotopic (exact) mass is 342 g/mol. The third-order valence-corrected chi connectivity index (χ3v) is 4.12. The minimum atomic E-state index is -0.461. The summed E-state index contributed by atoms with van der Waals surface area (Å²) in [5, 5.41) is 1.88. The van der Waals surface area contributed by atoms with Crippen LogP contribution < -0.4 is 0 Å². The number of aromatic nitrogens is 3. The Morgan fingerprint density at radius 2 is 1.58 bits per heavy atom. The standard InChI is InChI=1S/C22H15N3O/c1-14-23-21(15-8-3-2-4-9-15)25-22(24-14)18-12-7-11-17-16-10-5-6-13-19(16)26-20(17)18/h2-13H,1H3/i2D,3D,4D,8D,9D. The quantitative estimate of drug-likeness (QED) is 0.430. The average Bonchev–Trinajstić information content (AvgIpc) is 3.15. The first-order chi connectivity index (χ1) is 14.9. The van der Waals surface area contributed by atoms with Crippen molar-refractivity contribution >= 4 is 21.9 Å². The Morgan fingerprint density at radius 1 is 0.808 bits per heavy atom. The van der Waals surface area contributed by atoms with E-state index in [2.05, 4.69) is 15.0 Å². The van der Waals surface area contributed by atoms with Crippen LogP contribution in [0.2, 0.25) is 0 Å². The Morgan fingerprint density at radius 3 is 2.46 bits per heavy atom. The minimum absolute atomic E-state index is 0.0209. The van der Waals surface area contributed by atoms with E-state index >= 15 is 0 Å². The number of aryl methyl sites for hydroxylation is 1. The molecule has 0 N–H and O–H groups in total. The highest BCUT2D eigenvalue weighted by molar-refractivity contribution is 6.09. The van der Waals surface area contributed by atoms with Gasteiger partial charge in [-0.25, -0.2) is 15.0 Å². The molecule has 0 aliphatic carbocycles. The molecule has 0 saturated heterocycles. The molecule has 0 atom stereocenters. The van der Waals surface area contributed by atoms with Crippen LogP contribution in [0.3, 0.4) is 0 Å². The van der Waals surface area contributed by atoms with E-state index in [9.17, 15) is 0 Å². The molecule has 5 aromatic rings. The zero-order valence-electron chi connectivity index (χ0n) is 18.8. The molecule has 0 aliphatic heterocycles. The van der Waals surface area contributed by atoms with Crippen molar-refractivity contribution in [2.45, 2.75) is 6.92 Å². The maximum absolute atomic E-state index is 8.23. The second-order valence-corrected chi connectivity index (χ2v) is 5.81. The fraction of sp³-hybridized carbons (Fsp3) is 0.0455. The summed E-state index contributed by atoms with van der Waals surface area (Å²) < 4.78 is 46.2. The first kappa shape index (κ1) is 10.5. The summed E-state index contributed by atoms with van der Waals surface area (Å²) in [6.45, 7) is 1.67. The highest BCUT2D eigenvalue weighted by Crippen LogP contribution is 2.34. The number of hydrogen-bond acceptors (Lipinski definition) is 4. The van der Waals surface area contributed by atoms with Crippen molar-refractivity contribution in [3.05, 3.63) is 78.5 Å². The van der Waals surface area contributed by atoms with Gasteiger partial charge in [0, 0.05) is 16.3 Å². The van der Waals surface area contributed by atoms with Crippen LogP contribution in [-0.4, -0.2) is 15.0 Å². The molecule has 0 saturated carbocycles. The van der Waals surface area contributed by atoms with E-state index in [0.29, 0.717) is 22.8 Å². The van der Waals surface area contributed by atoms with Gasteiger partial charge in [0.25, 0.3) is 0 Å². The first-order valence-corrected chi connectivity index (χ1v) is 8.07. The van der Waals surface area contributed by atoms with E-state index in [0.717, 1.165) is 16.4 Å². The van der Waals surface area contributed by atoms with Gasteiger partial charge in [-0.15, -0.1) is 0 Å². The van der Waals surface area contributed by atoms with Crippen molar-refractivity contribution in [1.82, 2.24) is 15.0 Å². The van der Waals surface area contributed by atoms with E-state index in [1.807, 2.05) is 42.5 Å². The van der Waals surface area contributed by atoms with Crippen molar-refractivity contribution in [3.8, 4) is 22.8 Å². The lowest BCUT2D eigenvalue weighted by Crippen LogP contribution is -1.99. The molecule has 4 heteroatoms. The maximum Gasteiger partial charge on any atom is 0.167 e. The van der Waals surface area contributed by atoms with Crippen molar-refractivity contribution in [3.63, 3.8) is 0 Å². The lowest BCUT2D eigenvalue weighted by molar-refractivity contribution is 0.669. The van der Waals surface area contributed by atoms with Crippen LogP contribution in [0.4, 0.5) is 0 Å². The van der Waals surface area contributed by atoms with Crippen LogP contribution >= 0.6 is 0 Å². The summed E-state index contributed by atoms with van der Waals surface area (Å²) in [4.78, 5) is 13.2. The topological polar surface area (TPSA) is 51.8 Å². The molecule has 3 aromatic carbocycles. The molecule has 0 bridgehead atoms. The fourth-order valence-corrected chi connectivity index (χ4v) is 3.00. The van der Waals surface area contributed by atoms with E-state index in [-0.39, 0.29) is 23.5 Å². The highest BCUT2D eigenvalue weighted by atomic mass is 16.3. The zero-order valence-corrected chi connectivity index (χ0v) is 13.8. The van der Waals surface area contributed by atoms with Crippen molar-refractivity contribution in [1.29, 1.82) is 0 Å². The third kappa shape index (κ3) is 2.35. The molecular weight excluding hydrogens is 322 g/mol. The van der Waals surface area contributed by atoms with Crippen LogP contribution in [0.1, 0.15) is 12.7 Å². The number of nitrogens with zero attached hydrogens (tertiary/aromatic N) is 3. The highest BCUT2D eigenvalue weighted by Gasteiger charge is 2.15. The second kappa shape index (κ2) is 5.77. The zero-order chi connectivity index (χ0) is 21.9. The molecule has 124 valence electrons. The average molecular weight is 342 g/mol. The van der Waals surface area contributed by atoms with Gasteiger partial charge in [0.15, 0.2) is 11.6 Å². The SMILES string of the molecule is [2H]c1c([2H])c([2H])c(-c2nc(C)nc(-c3cccc4c3oc3ccccc34)n2)c([2H])c1[2H]. The van der Waals surface area contributed by atoms with Gasteiger partial charge in [-0.1, -0.05) is 60.5 Å². The minimum Gasteiger partial charge on any atom is -0.455 e. The molecule has 26 heavy (non-hydrogen) atoms. The van der Waals surface area contributed by atoms with Gasteiger partial charge in [-0.3, -0.25) is 0 Å². The number of fused-ring (bicyclic) bond motifs is 3. The van der Waals surface area contributed by atoms with Crippen molar-refractivity contribution < 1.29 is 11.3 Å². The van der Waals surface area contributed by atoms with E-state index in [4.69, 9.17) is 11.3 Å². The van der Waals surface area contributed by atoms with Crippen molar-refractivity contribution in [2.24, 2.45) is 0 Å². The Balaban J connectivity index is 1.79.